The molecule has 0 amide bonds. The molecule has 0 aliphatic heterocycles. The summed E-state index contributed by atoms with van der Waals surface area (Å²) < 4.78 is 0. The van der Waals surface area contributed by atoms with Crippen LogP contribution in [0.2, 0.25) is 0 Å². The van der Waals surface area contributed by atoms with Gasteiger partial charge in [-0.2, -0.15) is 0 Å². The number of carbonyl (C=O) groups is 2. The predicted octanol–water partition coefficient (Wildman–Crippen LogP) is 0.313. The average molecular weight is 237 g/mol. The van der Waals surface area contributed by atoms with Crippen molar-refractivity contribution in [2.75, 3.05) is 6.54 Å². The van der Waals surface area contributed by atoms with Gasteiger partial charge in [-0.05, 0) is 6.92 Å². The van der Waals surface area contributed by atoms with Crippen LogP contribution < -0.4 is 0 Å². The highest BCUT2D eigenvalue weighted by Gasteiger charge is 2.25. The van der Waals surface area contributed by atoms with Crippen molar-refractivity contribution in [3.8, 4) is 0 Å². The first-order valence-electron chi connectivity index (χ1n) is 4.04. The molecule has 2 unspecified atom stereocenters. The first-order valence-corrected chi connectivity index (χ1v) is 4.99. The molecule has 0 aliphatic rings. The SMILES string of the molecule is CC(C[N+](=O)[O-])SC(CC(=O)O)C(=O)O. The number of carboxylic acid groups (broad SMARTS) is 2. The van der Waals surface area contributed by atoms with Gasteiger partial charge < -0.3 is 10.2 Å². The van der Waals surface area contributed by atoms with Gasteiger partial charge in [-0.25, -0.2) is 0 Å². The molecule has 86 valence electrons. The van der Waals surface area contributed by atoms with E-state index in [9.17, 15) is 19.7 Å². The topological polar surface area (TPSA) is 118 Å². The average Bonchev–Trinajstić information content (AvgIpc) is 1.99. The molecule has 0 saturated heterocycles. The van der Waals surface area contributed by atoms with Gasteiger partial charge in [0.2, 0.25) is 6.54 Å². The van der Waals surface area contributed by atoms with Crippen molar-refractivity contribution in [2.45, 2.75) is 23.8 Å². The molecule has 2 N–H and O–H groups in total. The molecule has 7 nitrogen and oxygen atoms in total. The van der Waals surface area contributed by atoms with E-state index in [1.165, 1.54) is 6.92 Å². The molecular formula is C7H11NO6S. The normalized spacial score (nSPS) is 14.2. The Kier molecular flexibility index (Phi) is 5.68. The Morgan fingerprint density at radius 1 is 1.47 bits per heavy atom. The lowest BCUT2D eigenvalue weighted by atomic mass is 10.3. The Hall–Kier alpha value is -1.31. The summed E-state index contributed by atoms with van der Waals surface area (Å²) in [6.45, 7) is 1.11. The molecule has 0 rings (SSSR count). The lowest BCUT2D eigenvalue weighted by Crippen LogP contribution is -2.25. The van der Waals surface area contributed by atoms with Crippen LogP contribution >= 0.6 is 11.8 Å². The van der Waals surface area contributed by atoms with Crippen LogP contribution in [0.5, 0.6) is 0 Å². The monoisotopic (exact) mass is 237 g/mol. The summed E-state index contributed by atoms with van der Waals surface area (Å²) in [5, 5.41) is 25.5. The van der Waals surface area contributed by atoms with Crippen LogP contribution in [0.3, 0.4) is 0 Å². The Morgan fingerprint density at radius 2 is 2.00 bits per heavy atom. The van der Waals surface area contributed by atoms with Gasteiger partial charge in [-0.15, -0.1) is 11.8 Å². The van der Waals surface area contributed by atoms with Crippen molar-refractivity contribution < 1.29 is 24.7 Å². The number of carboxylic acids is 2. The van der Waals surface area contributed by atoms with Gasteiger partial charge in [0.1, 0.15) is 5.25 Å². The molecule has 0 fully saturated rings. The molecule has 0 radical (unpaired) electrons. The highest BCUT2D eigenvalue weighted by Crippen LogP contribution is 2.21. The third-order valence-corrected chi connectivity index (χ3v) is 2.75. The molecule has 0 heterocycles. The second-order valence-corrected chi connectivity index (χ2v) is 4.53. The number of nitro groups is 1. The molecule has 8 heteroatoms. The van der Waals surface area contributed by atoms with Crippen LogP contribution in [-0.4, -0.2) is 44.1 Å². The van der Waals surface area contributed by atoms with E-state index < -0.39 is 33.8 Å². The highest BCUT2D eigenvalue weighted by molar-refractivity contribution is 8.01. The molecule has 0 aromatic heterocycles. The highest BCUT2D eigenvalue weighted by atomic mass is 32.2. The minimum absolute atomic E-state index is 0.381. The Balaban J connectivity index is 4.21. The van der Waals surface area contributed by atoms with Crippen molar-refractivity contribution in [1.29, 1.82) is 0 Å². The van der Waals surface area contributed by atoms with E-state index in [4.69, 9.17) is 10.2 Å². The zero-order chi connectivity index (χ0) is 12.0. The van der Waals surface area contributed by atoms with E-state index in [0.717, 1.165) is 11.8 Å². The van der Waals surface area contributed by atoms with Crippen LogP contribution in [0.1, 0.15) is 13.3 Å². The summed E-state index contributed by atoms with van der Waals surface area (Å²) in [4.78, 5) is 30.5. The molecule has 15 heavy (non-hydrogen) atoms. The lowest BCUT2D eigenvalue weighted by molar-refractivity contribution is -0.478. The number of thioether (sulfide) groups is 1. The fraction of sp³-hybridized carbons (Fsp3) is 0.714. The summed E-state index contributed by atoms with van der Waals surface area (Å²) in [6.07, 6.45) is -0.540. The maximum absolute atomic E-state index is 10.6. The number of aliphatic carboxylic acids is 2. The van der Waals surface area contributed by atoms with Gasteiger partial charge in [0, 0.05) is 4.92 Å². The van der Waals surface area contributed by atoms with E-state index >= 15 is 0 Å². The quantitative estimate of drug-likeness (QED) is 0.483. The number of hydrogen-bond acceptors (Lipinski definition) is 5. The van der Waals surface area contributed by atoms with Crippen LogP contribution in [0.4, 0.5) is 0 Å². The first kappa shape index (κ1) is 13.7. The van der Waals surface area contributed by atoms with Gasteiger partial charge in [0.05, 0.1) is 11.7 Å². The summed E-state index contributed by atoms with van der Waals surface area (Å²) >= 11 is 0.787. The summed E-state index contributed by atoms with van der Waals surface area (Å²) in [5.41, 5.74) is 0. The van der Waals surface area contributed by atoms with Crippen LogP contribution in [-0.2, 0) is 9.59 Å². The zero-order valence-electron chi connectivity index (χ0n) is 7.95. The van der Waals surface area contributed by atoms with Crippen LogP contribution in [0.15, 0.2) is 0 Å². The van der Waals surface area contributed by atoms with E-state index in [0.29, 0.717) is 0 Å². The number of rotatable bonds is 7. The minimum atomic E-state index is -1.27. The van der Waals surface area contributed by atoms with Crippen LogP contribution in [0.25, 0.3) is 0 Å². The standard InChI is InChI=1S/C7H11NO6S/c1-4(3-8(13)14)15-5(7(11)12)2-6(9)10/h4-5H,2-3H2,1H3,(H,9,10)(H,11,12). The maximum atomic E-state index is 10.6. The van der Waals surface area contributed by atoms with Gasteiger partial charge in [0.15, 0.2) is 0 Å². The largest absolute Gasteiger partial charge is 0.481 e. The van der Waals surface area contributed by atoms with Crippen LogP contribution in [0, 0.1) is 10.1 Å². The molecule has 0 bridgehead atoms. The van der Waals surface area contributed by atoms with E-state index in [1.807, 2.05) is 0 Å². The van der Waals surface area contributed by atoms with Gasteiger partial charge in [0.25, 0.3) is 0 Å². The van der Waals surface area contributed by atoms with E-state index in [1.54, 1.807) is 0 Å². The summed E-state index contributed by atoms with van der Waals surface area (Å²) in [6, 6.07) is 0. The van der Waals surface area contributed by atoms with Crippen molar-refractivity contribution in [2.24, 2.45) is 0 Å². The third-order valence-electron chi connectivity index (χ3n) is 1.44. The fourth-order valence-corrected chi connectivity index (χ4v) is 2.01. The van der Waals surface area contributed by atoms with Gasteiger partial charge in [-0.1, -0.05) is 0 Å². The summed E-state index contributed by atoms with van der Waals surface area (Å²) in [5.74, 6) is -2.50. The second-order valence-electron chi connectivity index (χ2n) is 2.89. The van der Waals surface area contributed by atoms with Crippen molar-refractivity contribution in [3.05, 3.63) is 10.1 Å². The molecular weight excluding hydrogens is 226 g/mol. The smallest absolute Gasteiger partial charge is 0.317 e. The first-order chi connectivity index (χ1) is 6.82. The minimum Gasteiger partial charge on any atom is -0.481 e. The molecule has 0 spiro atoms. The Labute approximate surface area is 89.6 Å². The number of hydrogen-bond donors (Lipinski definition) is 2. The maximum Gasteiger partial charge on any atom is 0.317 e. The fourth-order valence-electron chi connectivity index (χ4n) is 0.886. The Bertz CT molecular complexity index is 268. The van der Waals surface area contributed by atoms with Crippen molar-refractivity contribution in [1.82, 2.24) is 0 Å². The predicted molar refractivity (Wildman–Crippen MR) is 52.6 cm³/mol. The zero-order valence-corrected chi connectivity index (χ0v) is 8.77. The van der Waals surface area contributed by atoms with E-state index in [2.05, 4.69) is 0 Å². The molecule has 0 aromatic carbocycles. The molecule has 0 aromatic rings. The summed E-state index contributed by atoms with van der Waals surface area (Å²) in [7, 11) is 0. The van der Waals surface area contributed by atoms with E-state index in [-0.39, 0.29) is 6.54 Å². The van der Waals surface area contributed by atoms with Crippen molar-refractivity contribution in [3.63, 3.8) is 0 Å². The van der Waals surface area contributed by atoms with Crippen molar-refractivity contribution >= 4 is 23.7 Å². The lowest BCUT2D eigenvalue weighted by Gasteiger charge is -2.12. The molecule has 0 aliphatic carbocycles. The Morgan fingerprint density at radius 3 is 2.33 bits per heavy atom. The molecule has 2 atom stereocenters. The third kappa shape index (κ3) is 6.72. The van der Waals surface area contributed by atoms with Gasteiger partial charge >= 0.3 is 11.9 Å². The molecule has 0 saturated carbocycles. The number of nitrogens with zero attached hydrogens (tertiary/aromatic N) is 1. The van der Waals surface area contributed by atoms with Gasteiger partial charge in [-0.3, -0.25) is 19.7 Å². The second kappa shape index (κ2) is 6.23.